The first kappa shape index (κ1) is 17.5. The Kier molecular flexibility index (Phi) is 4.06. The molecule has 0 saturated carbocycles. The maximum Gasteiger partial charge on any atom is 0.238 e. The fourth-order valence-corrected chi connectivity index (χ4v) is 4.51. The number of fused-ring (bicyclic) bond motifs is 2. The number of anilines is 2. The number of hydrogen-bond acceptors (Lipinski definition) is 7. The zero-order valence-electron chi connectivity index (χ0n) is 14.6. The van der Waals surface area contributed by atoms with Crippen LogP contribution in [0.1, 0.15) is 18.1 Å². The van der Waals surface area contributed by atoms with Crippen LogP contribution in [0.4, 0.5) is 11.4 Å². The molecule has 2 aromatic heterocycles. The second-order valence-corrected chi connectivity index (χ2v) is 9.07. The van der Waals surface area contributed by atoms with Crippen LogP contribution in [0.5, 0.6) is 0 Å². The Balaban J connectivity index is 1.70. The molecule has 4 aromatic rings. The summed E-state index contributed by atoms with van der Waals surface area (Å²) in [6.07, 6.45) is 2.61. The summed E-state index contributed by atoms with van der Waals surface area (Å²) in [6, 6.07) is 10.6. The number of hydrogen-bond donors (Lipinski definition) is 2. The molecule has 1 aliphatic heterocycles. The minimum Gasteiger partial charge on any atom is -0.373 e. The van der Waals surface area contributed by atoms with Gasteiger partial charge in [0.05, 0.1) is 44.5 Å². The molecule has 5 rings (SSSR count). The average molecular weight is 412 g/mol. The first-order valence-electron chi connectivity index (χ1n) is 8.66. The third-order valence-corrected chi connectivity index (χ3v) is 6.56. The molecule has 9 heteroatoms. The van der Waals surface area contributed by atoms with Crippen LogP contribution in [0.25, 0.3) is 21.1 Å². The maximum atomic E-state index is 11.9. The van der Waals surface area contributed by atoms with Crippen LogP contribution in [-0.2, 0) is 14.8 Å². The summed E-state index contributed by atoms with van der Waals surface area (Å²) in [5.74, 6) is 0. The molecule has 142 valence electrons. The normalized spacial score (nSPS) is 17.0. The molecular formula is C19H16N4O3S2. The van der Waals surface area contributed by atoms with E-state index in [2.05, 4.69) is 15.3 Å². The Bertz CT molecular complexity index is 1310. The van der Waals surface area contributed by atoms with E-state index in [1.54, 1.807) is 29.7 Å². The number of rotatable bonds is 4. The van der Waals surface area contributed by atoms with Crippen molar-refractivity contribution in [2.24, 2.45) is 5.14 Å². The number of pyridine rings is 1. The van der Waals surface area contributed by atoms with Gasteiger partial charge in [0.1, 0.15) is 0 Å². The van der Waals surface area contributed by atoms with E-state index in [0.29, 0.717) is 17.5 Å². The van der Waals surface area contributed by atoms with E-state index in [9.17, 15) is 8.42 Å². The number of nitrogens with one attached hydrogen (secondary N) is 1. The highest BCUT2D eigenvalue weighted by Crippen LogP contribution is 2.39. The van der Waals surface area contributed by atoms with Crippen LogP contribution in [0.15, 0.2) is 53.0 Å². The summed E-state index contributed by atoms with van der Waals surface area (Å²) in [7, 11) is -3.83. The van der Waals surface area contributed by atoms with Gasteiger partial charge >= 0.3 is 0 Å². The van der Waals surface area contributed by atoms with Gasteiger partial charge in [-0.3, -0.25) is 4.98 Å². The lowest BCUT2D eigenvalue weighted by Gasteiger charge is -2.29. The number of ether oxygens (including phenoxy) is 1. The molecule has 7 nitrogen and oxygen atoms in total. The summed E-state index contributed by atoms with van der Waals surface area (Å²) >= 11 is 1.58. The van der Waals surface area contributed by atoms with Gasteiger partial charge in [-0.25, -0.2) is 18.5 Å². The van der Waals surface area contributed by atoms with E-state index >= 15 is 0 Å². The number of benzene rings is 2. The number of sulfonamides is 1. The maximum absolute atomic E-state index is 11.9. The molecule has 0 radical (unpaired) electrons. The predicted molar refractivity (Wildman–Crippen MR) is 109 cm³/mol. The average Bonchev–Trinajstić information content (AvgIpc) is 3.08. The first-order valence-corrected chi connectivity index (χ1v) is 11.1. The molecule has 1 unspecified atom stereocenters. The Morgan fingerprint density at radius 2 is 2.00 bits per heavy atom. The summed E-state index contributed by atoms with van der Waals surface area (Å²) in [6.45, 7) is 0.699. The standard InChI is InChI=1S/C19H16N4O3S2/c20-28(24,25)12-2-3-15-13(8-12)19(14(9-21-15)17-5-6-26-17)23-11-1-4-18-16(7-11)22-10-27-18/h1-4,7-10,17H,5-6H2,(H,21,23)(H2,20,24,25). The third kappa shape index (κ3) is 3.02. The molecule has 0 amide bonds. The lowest BCUT2D eigenvalue weighted by atomic mass is 10.00. The van der Waals surface area contributed by atoms with Crippen molar-refractivity contribution in [3.63, 3.8) is 0 Å². The smallest absolute Gasteiger partial charge is 0.238 e. The van der Waals surface area contributed by atoms with Crippen LogP contribution in [0, 0.1) is 0 Å². The molecule has 3 N–H and O–H groups in total. The number of nitrogens with two attached hydrogens (primary N) is 1. The first-order chi connectivity index (χ1) is 13.5. The molecule has 1 aliphatic rings. The number of thiazole rings is 1. The molecule has 1 atom stereocenters. The minimum atomic E-state index is -3.83. The summed E-state index contributed by atoms with van der Waals surface area (Å²) in [5, 5.41) is 9.45. The van der Waals surface area contributed by atoms with Crippen LogP contribution in [-0.4, -0.2) is 25.0 Å². The summed E-state index contributed by atoms with van der Waals surface area (Å²) in [5.41, 5.74) is 5.90. The second kappa shape index (κ2) is 6.49. The molecule has 1 saturated heterocycles. The summed E-state index contributed by atoms with van der Waals surface area (Å²) in [4.78, 5) is 8.89. The lowest BCUT2D eigenvalue weighted by molar-refractivity contribution is -0.0523. The molecule has 2 aromatic carbocycles. The molecular weight excluding hydrogens is 396 g/mol. The Labute approximate surface area is 165 Å². The van der Waals surface area contributed by atoms with Gasteiger partial charge in [0.2, 0.25) is 10.0 Å². The van der Waals surface area contributed by atoms with E-state index in [1.165, 1.54) is 6.07 Å². The van der Waals surface area contributed by atoms with Crippen molar-refractivity contribution in [2.75, 3.05) is 11.9 Å². The summed E-state index contributed by atoms with van der Waals surface area (Å²) < 4.78 is 30.5. The van der Waals surface area contributed by atoms with Crippen molar-refractivity contribution in [3.05, 3.63) is 53.7 Å². The van der Waals surface area contributed by atoms with E-state index in [1.807, 2.05) is 23.7 Å². The molecule has 0 bridgehead atoms. The van der Waals surface area contributed by atoms with Crippen molar-refractivity contribution >= 4 is 53.9 Å². The molecule has 3 heterocycles. The van der Waals surface area contributed by atoms with E-state index in [-0.39, 0.29) is 11.0 Å². The molecule has 28 heavy (non-hydrogen) atoms. The Morgan fingerprint density at radius 3 is 2.75 bits per heavy atom. The Hall–Kier alpha value is -2.59. The van der Waals surface area contributed by atoms with Gasteiger partial charge in [-0.2, -0.15) is 0 Å². The van der Waals surface area contributed by atoms with Gasteiger partial charge in [0.25, 0.3) is 0 Å². The highest BCUT2D eigenvalue weighted by Gasteiger charge is 2.25. The van der Waals surface area contributed by atoms with Crippen molar-refractivity contribution in [1.29, 1.82) is 0 Å². The van der Waals surface area contributed by atoms with Gasteiger partial charge in [0, 0.05) is 29.3 Å². The minimum absolute atomic E-state index is 0.0477. The van der Waals surface area contributed by atoms with Crippen LogP contribution < -0.4 is 10.5 Å². The van der Waals surface area contributed by atoms with E-state index < -0.39 is 10.0 Å². The molecule has 1 fully saturated rings. The molecule has 0 spiro atoms. The number of nitrogens with zero attached hydrogens (tertiary/aromatic N) is 2. The highest BCUT2D eigenvalue weighted by atomic mass is 32.2. The van der Waals surface area contributed by atoms with Crippen molar-refractivity contribution in [1.82, 2.24) is 9.97 Å². The van der Waals surface area contributed by atoms with Gasteiger partial charge in [-0.05, 0) is 36.4 Å². The van der Waals surface area contributed by atoms with Crippen molar-refractivity contribution in [2.45, 2.75) is 17.4 Å². The van der Waals surface area contributed by atoms with E-state index in [4.69, 9.17) is 9.88 Å². The number of primary sulfonamides is 1. The van der Waals surface area contributed by atoms with Crippen molar-refractivity contribution < 1.29 is 13.2 Å². The quantitative estimate of drug-likeness (QED) is 0.529. The van der Waals surface area contributed by atoms with Crippen LogP contribution in [0.2, 0.25) is 0 Å². The fourth-order valence-electron chi connectivity index (χ4n) is 3.31. The van der Waals surface area contributed by atoms with Gasteiger partial charge in [-0.1, -0.05) is 0 Å². The zero-order valence-corrected chi connectivity index (χ0v) is 16.3. The zero-order chi connectivity index (χ0) is 19.3. The van der Waals surface area contributed by atoms with Gasteiger partial charge < -0.3 is 10.1 Å². The third-order valence-electron chi connectivity index (χ3n) is 4.84. The van der Waals surface area contributed by atoms with Gasteiger partial charge in [0.15, 0.2) is 0 Å². The van der Waals surface area contributed by atoms with Crippen molar-refractivity contribution in [3.8, 4) is 0 Å². The predicted octanol–water partition coefficient (Wildman–Crippen LogP) is 3.70. The second-order valence-electron chi connectivity index (χ2n) is 6.62. The van der Waals surface area contributed by atoms with Gasteiger partial charge in [-0.15, -0.1) is 11.3 Å². The van der Waals surface area contributed by atoms with E-state index in [0.717, 1.165) is 33.6 Å². The largest absolute Gasteiger partial charge is 0.373 e. The lowest BCUT2D eigenvalue weighted by Crippen LogP contribution is -2.20. The highest BCUT2D eigenvalue weighted by molar-refractivity contribution is 7.89. The topological polar surface area (TPSA) is 107 Å². The van der Waals surface area contributed by atoms with Crippen LogP contribution in [0.3, 0.4) is 0 Å². The molecule has 0 aliphatic carbocycles. The monoisotopic (exact) mass is 412 g/mol. The Morgan fingerprint density at radius 1 is 1.14 bits per heavy atom. The fraction of sp³-hybridized carbons (Fsp3) is 0.158. The SMILES string of the molecule is NS(=O)(=O)c1ccc2ncc(C3CCO3)c(Nc3ccc4scnc4c3)c2c1. The van der Waals surface area contributed by atoms with Crippen LogP contribution >= 0.6 is 11.3 Å². The number of aromatic nitrogens is 2.